The monoisotopic (exact) mass is 439 g/mol. The molecule has 9 heteroatoms. The fraction of sp³-hybridized carbons (Fsp3) is 0.227. The second kappa shape index (κ2) is 8.83. The van der Waals surface area contributed by atoms with Crippen LogP contribution in [0.15, 0.2) is 65.7 Å². The smallest absolute Gasteiger partial charge is 0.339 e. The Balaban J connectivity index is 1.40. The van der Waals surface area contributed by atoms with Crippen LogP contribution in [-0.2, 0) is 19.6 Å². The number of sulfonamides is 1. The Labute approximate surface area is 179 Å². The largest absolute Gasteiger partial charge is 0.452 e. The van der Waals surface area contributed by atoms with Crippen LogP contribution in [-0.4, -0.2) is 49.3 Å². The Bertz CT molecular complexity index is 1230. The van der Waals surface area contributed by atoms with Gasteiger partial charge in [0.1, 0.15) is 0 Å². The second-order valence-corrected chi connectivity index (χ2v) is 9.08. The molecule has 0 spiro atoms. The molecule has 8 nitrogen and oxygen atoms in total. The van der Waals surface area contributed by atoms with Gasteiger partial charge in [-0.05, 0) is 49.2 Å². The summed E-state index contributed by atoms with van der Waals surface area (Å²) in [4.78, 5) is 29.0. The molecule has 1 N–H and O–H groups in total. The number of pyridine rings is 1. The number of benzene rings is 2. The third kappa shape index (κ3) is 4.57. The molecule has 160 valence electrons. The predicted molar refractivity (Wildman–Crippen MR) is 115 cm³/mol. The molecule has 3 aromatic rings. The van der Waals surface area contributed by atoms with E-state index in [-0.39, 0.29) is 4.90 Å². The summed E-state index contributed by atoms with van der Waals surface area (Å²) in [6, 6.07) is 14.6. The molecule has 31 heavy (non-hydrogen) atoms. The normalized spacial score (nSPS) is 14.5. The lowest BCUT2D eigenvalue weighted by molar-refractivity contribution is -0.119. The van der Waals surface area contributed by atoms with E-state index in [1.54, 1.807) is 48.7 Å². The number of nitrogens with zero attached hydrogens (tertiary/aromatic N) is 2. The number of aromatic nitrogens is 1. The maximum absolute atomic E-state index is 12.7. The minimum Gasteiger partial charge on any atom is -0.452 e. The van der Waals surface area contributed by atoms with E-state index in [9.17, 15) is 18.0 Å². The van der Waals surface area contributed by atoms with E-state index in [2.05, 4.69) is 10.3 Å². The summed E-state index contributed by atoms with van der Waals surface area (Å²) in [5, 5.41) is 3.21. The van der Waals surface area contributed by atoms with Gasteiger partial charge in [-0.3, -0.25) is 9.78 Å². The van der Waals surface area contributed by atoms with Gasteiger partial charge in [-0.15, -0.1) is 0 Å². The Hall–Kier alpha value is -3.30. The van der Waals surface area contributed by atoms with E-state index < -0.39 is 28.5 Å². The Morgan fingerprint density at radius 3 is 2.61 bits per heavy atom. The zero-order valence-corrected chi connectivity index (χ0v) is 17.5. The summed E-state index contributed by atoms with van der Waals surface area (Å²) in [7, 11) is -3.59. The van der Waals surface area contributed by atoms with Gasteiger partial charge in [-0.25, -0.2) is 13.2 Å². The quantitative estimate of drug-likeness (QED) is 0.592. The van der Waals surface area contributed by atoms with Crippen LogP contribution < -0.4 is 5.32 Å². The van der Waals surface area contributed by atoms with Crippen molar-refractivity contribution >= 4 is 38.5 Å². The molecule has 0 atom stereocenters. The van der Waals surface area contributed by atoms with Crippen LogP contribution in [0.3, 0.4) is 0 Å². The molecule has 1 aliphatic heterocycles. The van der Waals surface area contributed by atoms with Crippen molar-refractivity contribution < 1.29 is 22.7 Å². The van der Waals surface area contributed by atoms with Crippen molar-refractivity contribution in [1.82, 2.24) is 9.29 Å². The lowest BCUT2D eigenvalue weighted by Crippen LogP contribution is -2.28. The standard InChI is InChI=1S/C22H21N3O5S/c26-21(15-30-22(27)19-8-4-10-20-18(19)9-5-11-23-20)24-16-6-3-7-17(14-16)31(28,29)25-12-1-2-13-25/h3-11,14H,1-2,12-13,15H2,(H,24,26). The highest BCUT2D eigenvalue weighted by Crippen LogP contribution is 2.23. The summed E-state index contributed by atoms with van der Waals surface area (Å²) in [5.74, 6) is -1.21. The number of amides is 1. The maximum Gasteiger partial charge on any atom is 0.339 e. The lowest BCUT2D eigenvalue weighted by Gasteiger charge is -2.16. The van der Waals surface area contributed by atoms with Gasteiger partial charge in [-0.2, -0.15) is 4.31 Å². The molecule has 1 saturated heterocycles. The summed E-state index contributed by atoms with van der Waals surface area (Å²) in [6.07, 6.45) is 3.31. The van der Waals surface area contributed by atoms with Crippen molar-refractivity contribution in [3.05, 3.63) is 66.4 Å². The van der Waals surface area contributed by atoms with Gasteiger partial charge in [0.15, 0.2) is 6.61 Å². The van der Waals surface area contributed by atoms with E-state index in [1.807, 2.05) is 0 Å². The number of carbonyl (C=O) groups is 2. The molecule has 1 aliphatic rings. The molecule has 2 aromatic carbocycles. The molecule has 0 unspecified atom stereocenters. The summed E-state index contributed by atoms with van der Waals surface area (Å²) >= 11 is 0. The summed E-state index contributed by atoms with van der Waals surface area (Å²) in [6.45, 7) is 0.496. The molecule has 0 saturated carbocycles. The SMILES string of the molecule is O=C(COC(=O)c1cccc2ncccc12)Nc1cccc(S(=O)(=O)N2CCCC2)c1. The van der Waals surface area contributed by atoms with Gasteiger partial charge >= 0.3 is 5.97 Å². The molecule has 0 radical (unpaired) electrons. The van der Waals surface area contributed by atoms with Crippen molar-refractivity contribution in [2.24, 2.45) is 0 Å². The van der Waals surface area contributed by atoms with Gasteiger partial charge < -0.3 is 10.1 Å². The van der Waals surface area contributed by atoms with E-state index in [1.165, 1.54) is 16.4 Å². The van der Waals surface area contributed by atoms with Crippen molar-refractivity contribution in [1.29, 1.82) is 0 Å². The highest BCUT2D eigenvalue weighted by atomic mass is 32.2. The average molecular weight is 439 g/mol. The number of fused-ring (bicyclic) bond motifs is 1. The van der Waals surface area contributed by atoms with Crippen LogP contribution >= 0.6 is 0 Å². The Morgan fingerprint density at radius 1 is 1.03 bits per heavy atom. The van der Waals surface area contributed by atoms with Crippen LogP contribution in [0.2, 0.25) is 0 Å². The van der Waals surface area contributed by atoms with E-state index in [0.29, 0.717) is 35.2 Å². The zero-order valence-electron chi connectivity index (χ0n) is 16.7. The van der Waals surface area contributed by atoms with Crippen LogP contribution in [0.1, 0.15) is 23.2 Å². The van der Waals surface area contributed by atoms with Crippen LogP contribution in [0.5, 0.6) is 0 Å². The highest BCUT2D eigenvalue weighted by molar-refractivity contribution is 7.89. The predicted octanol–water partition coefficient (Wildman–Crippen LogP) is 2.81. The molecule has 2 heterocycles. The highest BCUT2D eigenvalue weighted by Gasteiger charge is 2.27. The molecule has 1 fully saturated rings. The van der Waals surface area contributed by atoms with Crippen molar-refractivity contribution in [2.45, 2.75) is 17.7 Å². The number of carbonyl (C=O) groups excluding carboxylic acids is 2. The first-order valence-electron chi connectivity index (χ1n) is 9.86. The zero-order chi connectivity index (χ0) is 21.8. The summed E-state index contributed by atoms with van der Waals surface area (Å²) < 4.78 is 32.0. The summed E-state index contributed by atoms with van der Waals surface area (Å²) in [5.41, 5.74) is 1.28. The maximum atomic E-state index is 12.7. The topological polar surface area (TPSA) is 106 Å². The van der Waals surface area contributed by atoms with Crippen molar-refractivity contribution in [3.63, 3.8) is 0 Å². The molecule has 4 rings (SSSR count). The Kier molecular flexibility index (Phi) is 5.97. The second-order valence-electron chi connectivity index (χ2n) is 7.14. The van der Waals surface area contributed by atoms with Crippen LogP contribution in [0.25, 0.3) is 10.9 Å². The lowest BCUT2D eigenvalue weighted by atomic mass is 10.1. The van der Waals surface area contributed by atoms with Gasteiger partial charge in [0, 0.05) is 30.4 Å². The first kappa shape index (κ1) is 21.0. The van der Waals surface area contributed by atoms with E-state index >= 15 is 0 Å². The molecule has 1 aromatic heterocycles. The molecular formula is C22H21N3O5S. The van der Waals surface area contributed by atoms with Crippen molar-refractivity contribution in [2.75, 3.05) is 25.0 Å². The number of hydrogen-bond donors (Lipinski definition) is 1. The van der Waals surface area contributed by atoms with Gasteiger partial charge in [0.2, 0.25) is 10.0 Å². The third-order valence-corrected chi connectivity index (χ3v) is 6.92. The number of hydrogen-bond acceptors (Lipinski definition) is 6. The number of nitrogens with one attached hydrogen (secondary N) is 1. The fourth-order valence-electron chi connectivity index (χ4n) is 3.50. The van der Waals surface area contributed by atoms with Gasteiger partial charge in [-0.1, -0.05) is 18.2 Å². The number of rotatable bonds is 6. The molecule has 1 amide bonds. The van der Waals surface area contributed by atoms with Gasteiger partial charge in [0.25, 0.3) is 5.91 Å². The Morgan fingerprint density at radius 2 is 1.81 bits per heavy atom. The molecular weight excluding hydrogens is 418 g/mol. The van der Waals surface area contributed by atoms with Gasteiger partial charge in [0.05, 0.1) is 16.0 Å². The minimum absolute atomic E-state index is 0.118. The first-order valence-corrected chi connectivity index (χ1v) is 11.3. The van der Waals surface area contributed by atoms with Crippen LogP contribution in [0, 0.1) is 0 Å². The first-order chi connectivity index (χ1) is 14.9. The fourth-order valence-corrected chi connectivity index (χ4v) is 5.06. The number of esters is 1. The molecule has 0 bridgehead atoms. The number of anilines is 1. The van der Waals surface area contributed by atoms with E-state index in [0.717, 1.165) is 12.8 Å². The average Bonchev–Trinajstić information content (AvgIpc) is 3.33. The van der Waals surface area contributed by atoms with E-state index in [4.69, 9.17) is 4.74 Å². The molecule has 0 aliphatic carbocycles. The third-order valence-electron chi connectivity index (χ3n) is 5.02. The number of ether oxygens (including phenoxy) is 1. The minimum atomic E-state index is -3.59. The van der Waals surface area contributed by atoms with Crippen molar-refractivity contribution in [3.8, 4) is 0 Å². The van der Waals surface area contributed by atoms with Crippen LogP contribution in [0.4, 0.5) is 5.69 Å².